The summed E-state index contributed by atoms with van der Waals surface area (Å²) in [6.45, 7) is -0.210. The molecule has 142 valence electrons. The van der Waals surface area contributed by atoms with Crippen LogP contribution in [0.1, 0.15) is 27.5 Å². The van der Waals surface area contributed by atoms with Crippen molar-refractivity contribution in [3.8, 4) is 0 Å². The van der Waals surface area contributed by atoms with Gasteiger partial charge < -0.3 is 10.4 Å². The molecule has 0 aliphatic rings. The highest BCUT2D eigenvalue weighted by molar-refractivity contribution is 9.10. The first-order valence-electron chi connectivity index (χ1n) is 8.70. The second kappa shape index (κ2) is 9.30. The minimum atomic E-state index is -0.953. The minimum absolute atomic E-state index is 0.210. The Labute approximate surface area is 171 Å². The molecule has 28 heavy (non-hydrogen) atoms. The Balaban J connectivity index is 1.98. The first-order chi connectivity index (χ1) is 13.5. The van der Waals surface area contributed by atoms with E-state index >= 15 is 0 Å². The van der Waals surface area contributed by atoms with Crippen molar-refractivity contribution >= 4 is 33.5 Å². The summed E-state index contributed by atoms with van der Waals surface area (Å²) in [6.07, 6.45) is 0. The number of rotatable bonds is 7. The highest BCUT2D eigenvalue weighted by Gasteiger charge is 2.20. The molecule has 0 bridgehead atoms. The van der Waals surface area contributed by atoms with E-state index in [0.717, 1.165) is 15.6 Å². The van der Waals surface area contributed by atoms with Gasteiger partial charge in [-0.05, 0) is 41.5 Å². The molecule has 5 nitrogen and oxygen atoms in total. The minimum Gasteiger partial charge on any atom is -0.480 e. The van der Waals surface area contributed by atoms with Crippen LogP contribution in [0.4, 0.5) is 5.69 Å². The zero-order valence-electron chi connectivity index (χ0n) is 14.9. The number of amides is 1. The summed E-state index contributed by atoms with van der Waals surface area (Å²) < 4.78 is 0.832. The second-order valence-corrected chi connectivity index (χ2v) is 7.09. The van der Waals surface area contributed by atoms with E-state index in [0.29, 0.717) is 11.3 Å². The van der Waals surface area contributed by atoms with Crippen molar-refractivity contribution in [3.63, 3.8) is 0 Å². The van der Waals surface area contributed by atoms with E-state index in [1.54, 1.807) is 30.3 Å². The van der Waals surface area contributed by atoms with Crippen LogP contribution in [-0.4, -0.2) is 23.5 Å². The number of carbonyl (C=O) groups excluding carboxylic acids is 1. The van der Waals surface area contributed by atoms with Crippen LogP contribution in [0.5, 0.6) is 0 Å². The highest BCUT2D eigenvalue weighted by atomic mass is 79.9. The van der Waals surface area contributed by atoms with E-state index in [1.807, 2.05) is 48.5 Å². The van der Waals surface area contributed by atoms with Crippen molar-refractivity contribution < 1.29 is 14.7 Å². The molecular weight excluding hydrogens is 420 g/mol. The predicted octanol–water partition coefficient (Wildman–Crippen LogP) is 4.47. The van der Waals surface area contributed by atoms with Gasteiger partial charge in [-0.1, -0.05) is 64.5 Å². The van der Waals surface area contributed by atoms with Gasteiger partial charge in [0.2, 0.25) is 0 Å². The van der Waals surface area contributed by atoms with Crippen LogP contribution in [0.15, 0.2) is 83.3 Å². The normalized spacial score (nSPS) is 11.6. The molecule has 0 fully saturated rings. The van der Waals surface area contributed by atoms with E-state index in [1.165, 1.54) is 0 Å². The van der Waals surface area contributed by atoms with E-state index in [9.17, 15) is 9.59 Å². The number of anilines is 1. The number of hydrogen-bond donors (Lipinski definition) is 3. The number of carboxylic acids is 1. The van der Waals surface area contributed by atoms with E-state index < -0.39 is 12.0 Å². The Bertz CT molecular complexity index is 962. The lowest BCUT2D eigenvalue weighted by Crippen LogP contribution is -2.29. The van der Waals surface area contributed by atoms with Crippen molar-refractivity contribution in [3.05, 3.63) is 100 Å². The molecule has 6 heteroatoms. The fraction of sp³-hybridized carbons (Fsp3) is 0.0909. The van der Waals surface area contributed by atoms with Crippen LogP contribution in [0.25, 0.3) is 0 Å². The summed E-state index contributed by atoms with van der Waals surface area (Å²) in [5, 5.41) is 15.1. The van der Waals surface area contributed by atoms with Crippen LogP contribution in [0.3, 0.4) is 0 Å². The quantitative estimate of drug-likeness (QED) is 0.508. The van der Waals surface area contributed by atoms with Crippen molar-refractivity contribution in [1.29, 1.82) is 0 Å². The molecular formula is C22H19BrN2O3. The molecule has 3 rings (SSSR count). The predicted molar refractivity (Wildman–Crippen MR) is 112 cm³/mol. The molecule has 0 radical (unpaired) electrons. The molecule has 0 aromatic heterocycles. The molecule has 0 aliphatic heterocycles. The van der Waals surface area contributed by atoms with Crippen molar-refractivity contribution in [2.24, 2.45) is 0 Å². The standard InChI is InChI=1S/C22H19BrN2O3/c23-17-11-12-19(25-22(28)16-9-5-2-6-10-16)18(13-17)21(24-14-20(26)27)15-7-3-1-4-8-15/h1-13,21,24H,14H2,(H,25,28)(H,26,27). The Morgan fingerprint density at radius 3 is 2.21 bits per heavy atom. The zero-order chi connectivity index (χ0) is 19.9. The average molecular weight is 439 g/mol. The smallest absolute Gasteiger partial charge is 0.317 e. The topological polar surface area (TPSA) is 78.4 Å². The Kier molecular flexibility index (Phi) is 6.57. The van der Waals surface area contributed by atoms with Crippen LogP contribution in [0, 0.1) is 0 Å². The molecule has 1 amide bonds. The summed E-state index contributed by atoms with van der Waals surface area (Å²) in [4.78, 5) is 23.8. The number of halogens is 1. The first kappa shape index (κ1) is 19.8. The molecule has 1 atom stereocenters. The van der Waals surface area contributed by atoms with Gasteiger partial charge in [0.25, 0.3) is 5.91 Å². The van der Waals surface area contributed by atoms with Gasteiger partial charge in [-0.2, -0.15) is 0 Å². The number of aliphatic carboxylic acids is 1. The zero-order valence-corrected chi connectivity index (χ0v) is 16.5. The number of benzene rings is 3. The van der Waals surface area contributed by atoms with Crippen LogP contribution >= 0.6 is 15.9 Å². The molecule has 3 aromatic carbocycles. The summed E-state index contributed by atoms with van der Waals surface area (Å²) in [6, 6.07) is 23.6. The fourth-order valence-electron chi connectivity index (χ4n) is 2.91. The molecule has 1 unspecified atom stereocenters. The largest absolute Gasteiger partial charge is 0.480 e. The van der Waals surface area contributed by atoms with Crippen molar-refractivity contribution in [1.82, 2.24) is 5.32 Å². The molecule has 3 aromatic rings. The van der Waals surface area contributed by atoms with Gasteiger partial charge >= 0.3 is 5.97 Å². The Morgan fingerprint density at radius 1 is 0.929 bits per heavy atom. The molecule has 0 spiro atoms. The number of nitrogens with one attached hydrogen (secondary N) is 2. The molecule has 0 saturated carbocycles. The second-order valence-electron chi connectivity index (χ2n) is 6.17. The van der Waals surface area contributed by atoms with Crippen LogP contribution in [-0.2, 0) is 4.79 Å². The summed E-state index contributed by atoms with van der Waals surface area (Å²) in [5.41, 5.74) is 2.83. The third-order valence-electron chi connectivity index (χ3n) is 4.20. The summed E-state index contributed by atoms with van der Waals surface area (Å²) >= 11 is 3.47. The number of carboxylic acid groups (broad SMARTS) is 1. The third-order valence-corrected chi connectivity index (χ3v) is 4.69. The van der Waals surface area contributed by atoms with Crippen molar-refractivity contribution in [2.75, 3.05) is 11.9 Å². The molecule has 0 aliphatic carbocycles. The van der Waals surface area contributed by atoms with Crippen molar-refractivity contribution in [2.45, 2.75) is 6.04 Å². The van der Waals surface area contributed by atoms with Crippen LogP contribution < -0.4 is 10.6 Å². The van der Waals surface area contributed by atoms with Gasteiger partial charge in [0.05, 0.1) is 12.6 Å². The molecule has 0 saturated heterocycles. The number of carbonyl (C=O) groups is 2. The lowest BCUT2D eigenvalue weighted by molar-refractivity contribution is -0.136. The summed E-state index contributed by atoms with van der Waals surface area (Å²) in [7, 11) is 0. The van der Waals surface area contributed by atoms with Crippen LogP contribution in [0.2, 0.25) is 0 Å². The van der Waals surface area contributed by atoms with Gasteiger partial charge in [0, 0.05) is 15.7 Å². The van der Waals surface area contributed by atoms with Gasteiger partial charge in [0.1, 0.15) is 0 Å². The van der Waals surface area contributed by atoms with E-state index in [4.69, 9.17) is 5.11 Å². The maximum absolute atomic E-state index is 12.6. The SMILES string of the molecule is O=C(O)CNC(c1ccccc1)c1cc(Br)ccc1NC(=O)c1ccccc1. The maximum atomic E-state index is 12.6. The lowest BCUT2D eigenvalue weighted by Gasteiger charge is -2.22. The average Bonchev–Trinajstić information content (AvgIpc) is 2.71. The molecule has 0 heterocycles. The monoisotopic (exact) mass is 438 g/mol. The summed E-state index contributed by atoms with van der Waals surface area (Å²) in [5.74, 6) is -1.18. The number of hydrogen-bond acceptors (Lipinski definition) is 3. The van der Waals surface area contributed by atoms with Gasteiger partial charge in [0.15, 0.2) is 0 Å². The maximum Gasteiger partial charge on any atom is 0.317 e. The first-order valence-corrected chi connectivity index (χ1v) is 9.50. The van der Waals surface area contributed by atoms with Gasteiger partial charge in [-0.15, -0.1) is 0 Å². The lowest BCUT2D eigenvalue weighted by atomic mass is 9.96. The molecule has 3 N–H and O–H groups in total. The Hall–Kier alpha value is -2.96. The van der Waals surface area contributed by atoms with E-state index in [2.05, 4.69) is 26.6 Å². The van der Waals surface area contributed by atoms with Gasteiger partial charge in [-0.25, -0.2) is 0 Å². The Morgan fingerprint density at radius 2 is 1.57 bits per heavy atom. The van der Waals surface area contributed by atoms with Gasteiger partial charge in [-0.3, -0.25) is 14.9 Å². The fourth-order valence-corrected chi connectivity index (χ4v) is 3.29. The highest BCUT2D eigenvalue weighted by Crippen LogP contribution is 2.31. The third kappa shape index (κ3) is 5.06. The van der Waals surface area contributed by atoms with E-state index in [-0.39, 0.29) is 12.5 Å².